The Bertz CT molecular complexity index is 427. The maximum Gasteiger partial charge on any atom is 0.259 e. The van der Waals surface area contributed by atoms with E-state index in [4.69, 9.17) is 10.5 Å². The predicted octanol–water partition coefficient (Wildman–Crippen LogP) is 1.76. The van der Waals surface area contributed by atoms with Crippen molar-refractivity contribution in [3.63, 3.8) is 0 Å². The van der Waals surface area contributed by atoms with E-state index in [9.17, 15) is 4.79 Å². The molecule has 0 aliphatic heterocycles. The lowest BCUT2D eigenvalue weighted by molar-refractivity contribution is 0.0786. The lowest BCUT2D eigenvalue weighted by Crippen LogP contribution is -2.29. The van der Waals surface area contributed by atoms with Gasteiger partial charge < -0.3 is 15.4 Å². The van der Waals surface area contributed by atoms with E-state index in [0.717, 1.165) is 6.54 Å². The molecule has 4 nitrogen and oxygen atoms in total. The molecule has 17 heavy (non-hydrogen) atoms. The van der Waals surface area contributed by atoms with Crippen molar-refractivity contribution in [3.05, 3.63) is 23.8 Å². The highest BCUT2D eigenvalue weighted by Gasteiger charge is 2.27. The first kappa shape index (κ1) is 11.8. The second-order valence-corrected chi connectivity index (χ2v) is 4.55. The zero-order valence-electron chi connectivity index (χ0n) is 10.3. The number of rotatable bonds is 4. The van der Waals surface area contributed by atoms with Crippen molar-refractivity contribution >= 4 is 11.6 Å². The number of methoxy groups -OCH3 is 1. The second kappa shape index (κ2) is 4.65. The summed E-state index contributed by atoms with van der Waals surface area (Å²) >= 11 is 0. The molecule has 4 heteroatoms. The number of hydrogen-bond donors (Lipinski definition) is 1. The molecule has 0 heterocycles. The summed E-state index contributed by atoms with van der Waals surface area (Å²) in [5.74, 6) is 1.14. The molecule has 92 valence electrons. The van der Waals surface area contributed by atoms with Crippen LogP contribution in [-0.2, 0) is 0 Å². The van der Waals surface area contributed by atoms with Gasteiger partial charge in [0.15, 0.2) is 0 Å². The molecule has 1 aromatic carbocycles. The monoisotopic (exact) mass is 234 g/mol. The van der Waals surface area contributed by atoms with Gasteiger partial charge in [-0.25, -0.2) is 0 Å². The SMILES string of the molecule is COc1cccc(N)c1C(=O)N(C)CC1CC1. The van der Waals surface area contributed by atoms with Crippen molar-refractivity contribution in [2.45, 2.75) is 12.8 Å². The topological polar surface area (TPSA) is 55.6 Å². The number of hydrogen-bond acceptors (Lipinski definition) is 3. The molecular weight excluding hydrogens is 216 g/mol. The predicted molar refractivity (Wildman–Crippen MR) is 67.1 cm³/mol. The third kappa shape index (κ3) is 2.52. The largest absolute Gasteiger partial charge is 0.496 e. The number of anilines is 1. The fourth-order valence-corrected chi connectivity index (χ4v) is 1.91. The molecule has 0 unspecified atom stereocenters. The average Bonchev–Trinajstić information content (AvgIpc) is 3.11. The van der Waals surface area contributed by atoms with Crippen LogP contribution in [-0.4, -0.2) is 31.5 Å². The van der Waals surface area contributed by atoms with Gasteiger partial charge in [-0.2, -0.15) is 0 Å². The van der Waals surface area contributed by atoms with E-state index in [-0.39, 0.29) is 5.91 Å². The van der Waals surface area contributed by atoms with Gasteiger partial charge in [-0.05, 0) is 30.9 Å². The molecular formula is C13H18N2O2. The van der Waals surface area contributed by atoms with Crippen LogP contribution in [0.2, 0.25) is 0 Å². The molecule has 0 saturated heterocycles. The molecule has 1 saturated carbocycles. The lowest BCUT2D eigenvalue weighted by atomic mass is 10.1. The van der Waals surface area contributed by atoms with Crippen molar-refractivity contribution in [2.75, 3.05) is 26.4 Å². The number of nitrogen functional groups attached to an aromatic ring is 1. The van der Waals surface area contributed by atoms with Gasteiger partial charge in [-0.15, -0.1) is 0 Å². The minimum absolute atomic E-state index is 0.0631. The molecule has 0 aromatic heterocycles. The molecule has 1 amide bonds. The van der Waals surface area contributed by atoms with Crippen LogP contribution in [0.4, 0.5) is 5.69 Å². The summed E-state index contributed by atoms with van der Waals surface area (Å²) in [6.45, 7) is 0.802. The summed E-state index contributed by atoms with van der Waals surface area (Å²) in [5, 5.41) is 0. The van der Waals surface area contributed by atoms with Crippen molar-refractivity contribution in [1.82, 2.24) is 4.90 Å². The minimum atomic E-state index is -0.0631. The Morgan fingerprint density at radius 3 is 2.82 bits per heavy atom. The van der Waals surface area contributed by atoms with Gasteiger partial charge in [0.2, 0.25) is 0 Å². The first-order valence-electron chi connectivity index (χ1n) is 5.81. The average molecular weight is 234 g/mol. The van der Waals surface area contributed by atoms with E-state index < -0.39 is 0 Å². The van der Waals surface area contributed by atoms with Crippen LogP contribution < -0.4 is 10.5 Å². The van der Waals surface area contributed by atoms with Crippen LogP contribution in [0.1, 0.15) is 23.2 Å². The Morgan fingerprint density at radius 1 is 1.53 bits per heavy atom. The highest BCUT2D eigenvalue weighted by atomic mass is 16.5. The first-order valence-corrected chi connectivity index (χ1v) is 5.81. The number of carbonyl (C=O) groups is 1. The van der Waals surface area contributed by atoms with Crippen molar-refractivity contribution in [1.29, 1.82) is 0 Å². The molecule has 2 N–H and O–H groups in total. The van der Waals surface area contributed by atoms with E-state index >= 15 is 0 Å². The molecule has 0 radical (unpaired) electrons. The number of nitrogens with two attached hydrogens (primary N) is 1. The normalized spacial score (nSPS) is 14.5. The maximum atomic E-state index is 12.3. The van der Waals surface area contributed by atoms with E-state index in [1.165, 1.54) is 12.8 Å². The van der Waals surface area contributed by atoms with Crippen molar-refractivity contribution in [3.8, 4) is 5.75 Å². The zero-order valence-corrected chi connectivity index (χ0v) is 10.3. The Labute approximate surface area is 101 Å². The van der Waals surface area contributed by atoms with Crippen molar-refractivity contribution in [2.24, 2.45) is 5.92 Å². The molecule has 1 aliphatic rings. The molecule has 1 aromatic rings. The maximum absolute atomic E-state index is 12.3. The van der Waals surface area contributed by atoms with Crippen LogP contribution >= 0.6 is 0 Å². The third-order valence-electron chi connectivity index (χ3n) is 3.07. The quantitative estimate of drug-likeness (QED) is 0.808. The summed E-state index contributed by atoms with van der Waals surface area (Å²) in [7, 11) is 3.36. The highest BCUT2D eigenvalue weighted by Crippen LogP contribution is 2.31. The molecule has 1 fully saturated rings. The Balaban J connectivity index is 2.22. The fraction of sp³-hybridized carbons (Fsp3) is 0.462. The standard InChI is InChI=1S/C13H18N2O2/c1-15(8-9-6-7-9)13(16)12-10(14)4-3-5-11(12)17-2/h3-5,9H,6-8,14H2,1-2H3. The number of carbonyl (C=O) groups excluding carboxylic acids is 1. The van der Waals surface area contributed by atoms with Crippen LogP contribution in [0.3, 0.4) is 0 Å². The smallest absolute Gasteiger partial charge is 0.259 e. The van der Waals surface area contributed by atoms with Gasteiger partial charge in [0.25, 0.3) is 5.91 Å². The number of nitrogens with zero attached hydrogens (tertiary/aromatic N) is 1. The van der Waals surface area contributed by atoms with Gasteiger partial charge in [0, 0.05) is 19.3 Å². The van der Waals surface area contributed by atoms with Crippen LogP contribution in [0.5, 0.6) is 5.75 Å². The van der Waals surface area contributed by atoms with Gasteiger partial charge in [0.05, 0.1) is 7.11 Å². The summed E-state index contributed by atoms with van der Waals surface area (Å²) in [5.41, 5.74) is 6.79. The lowest BCUT2D eigenvalue weighted by Gasteiger charge is -2.19. The Morgan fingerprint density at radius 2 is 2.24 bits per heavy atom. The molecule has 0 bridgehead atoms. The summed E-state index contributed by atoms with van der Waals surface area (Å²) in [6, 6.07) is 5.26. The summed E-state index contributed by atoms with van der Waals surface area (Å²) in [4.78, 5) is 14.0. The minimum Gasteiger partial charge on any atom is -0.496 e. The number of benzene rings is 1. The Kier molecular flexibility index (Phi) is 3.22. The molecule has 2 rings (SSSR count). The van der Waals surface area contributed by atoms with Crippen LogP contribution in [0.15, 0.2) is 18.2 Å². The zero-order chi connectivity index (χ0) is 12.4. The van der Waals surface area contributed by atoms with E-state index in [1.54, 1.807) is 30.2 Å². The summed E-state index contributed by atoms with van der Waals surface area (Å²) < 4.78 is 5.19. The van der Waals surface area contributed by atoms with Gasteiger partial charge in [-0.3, -0.25) is 4.79 Å². The fourth-order valence-electron chi connectivity index (χ4n) is 1.91. The highest BCUT2D eigenvalue weighted by molar-refractivity contribution is 6.01. The molecule has 1 aliphatic carbocycles. The van der Waals surface area contributed by atoms with Crippen LogP contribution in [0.25, 0.3) is 0 Å². The summed E-state index contributed by atoms with van der Waals surface area (Å²) in [6.07, 6.45) is 2.44. The van der Waals surface area contributed by atoms with E-state index in [1.807, 2.05) is 7.05 Å². The van der Waals surface area contributed by atoms with Gasteiger partial charge in [-0.1, -0.05) is 6.07 Å². The van der Waals surface area contributed by atoms with E-state index in [2.05, 4.69) is 0 Å². The molecule has 0 atom stereocenters. The number of ether oxygens (including phenoxy) is 1. The van der Waals surface area contributed by atoms with E-state index in [0.29, 0.717) is 22.9 Å². The molecule has 0 spiro atoms. The van der Waals surface area contributed by atoms with Crippen molar-refractivity contribution < 1.29 is 9.53 Å². The second-order valence-electron chi connectivity index (χ2n) is 4.55. The van der Waals surface area contributed by atoms with Crippen LogP contribution in [0, 0.1) is 5.92 Å². The first-order chi connectivity index (χ1) is 8.13. The van der Waals surface area contributed by atoms with Gasteiger partial charge >= 0.3 is 0 Å². The Hall–Kier alpha value is -1.71. The third-order valence-corrected chi connectivity index (χ3v) is 3.07. The number of amides is 1. The van der Waals surface area contributed by atoms with Gasteiger partial charge in [0.1, 0.15) is 11.3 Å².